The van der Waals surface area contributed by atoms with Gasteiger partial charge in [-0.1, -0.05) is 0 Å². The van der Waals surface area contributed by atoms with Crippen LogP contribution in [0.25, 0.3) is 0 Å². The first-order chi connectivity index (χ1) is 9.74. The molecule has 5 nitrogen and oxygen atoms in total. The molecule has 2 aromatic heterocycles. The normalized spacial score (nSPS) is 22.6. The monoisotopic (exact) mass is 291 g/mol. The van der Waals surface area contributed by atoms with Crippen LogP contribution in [0.1, 0.15) is 34.9 Å². The lowest BCUT2D eigenvalue weighted by Crippen LogP contribution is -2.42. The van der Waals surface area contributed by atoms with Gasteiger partial charge in [0.25, 0.3) is 5.91 Å². The predicted octanol–water partition coefficient (Wildman–Crippen LogP) is 2.13. The summed E-state index contributed by atoms with van der Waals surface area (Å²) in [7, 11) is 1.88. The SMILES string of the molecule is Cn1cc([C@H]2OCCC[C@@H]2NC(=O)c2ccsc2)cn1. The first-order valence-electron chi connectivity index (χ1n) is 6.67. The van der Waals surface area contributed by atoms with Gasteiger partial charge in [0.15, 0.2) is 0 Å². The van der Waals surface area contributed by atoms with Crippen LogP contribution < -0.4 is 5.32 Å². The summed E-state index contributed by atoms with van der Waals surface area (Å²) in [6.07, 6.45) is 5.53. The van der Waals surface area contributed by atoms with Gasteiger partial charge in [0, 0.05) is 36.4 Å². The molecule has 2 aromatic rings. The third-order valence-corrected chi connectivity index (χ3v) is 4.16. The number of carbonyl (C=O) groups excluding carboxylic acids is 1. The molecule has 1 N–H and O–H groups in total. The van der Waals surface area contributed by atoms with Crippen molar-refractivity contribution in [3.05, 3.63) is 40.3 Å². The fraction of sp³-hybridized carbons (Fsp3) is 0.429. The molecule has 6 heteroatoms. The van der Waals surface area contributed by atoms with E-state index < -0.39 is 0 Å². The van der Waals surface area contributed by atoms with Crippen LogP contribution in [0.15, 0.2) is 29.2 Å². The van der Waals surface area contributed by atoms with Gasteiger partial charge in [-0.3, -0.25) is 9.48 Å². The zero-order valence-electron chi connectivity index (χ0n) is 11.3. The topological polar surface area (TPSA) is 56.1 Å². The number of hydrogen-bond acceptors (Lipinski definition) is 4. The molecular weight excluding hydrogens is 274 g/mol. The molecule has 1 amide bonds. The van der Waals surface area contributed by atoms with Crippen molar-refractivity contribution >= 4 is 17.2 Å². The van der Waals surface area contributed by atoms with Crippen molar-refractivity contribution in [1.29, 1.82) is 0 Å². The molecule has 0 saturated carbocycles. The molecule has 20 heavy (non-hydrogen) atoms. The number of thiophene rings is 1. The molecule has 0 aromatic carbocycles. The minimum absolute atomic E-state index is 0.000324. The van der Waals surface area contributed by atoms with Gasteiger partial charge in [-0.25, -0.2) is 0 Å². The molecular formula is C14H17N3O2S. The van der Waals surface area contributed by atoms with Crippen LogP contribution in [-0.2, 0) is 11.8 Å². The summed E-state index contributed by atoms with van der Waals surface area (Å²) in [4.78, 5) is 12.2. The maximum atomic E-state index is 12.2. The van der Waals surface area contributed by atoms with Crippen molar-refractivity contribution in [3.8, 4) is 0 Å². The van der Waals surface area contributed by atoms with Crippen molar-refractivity contribution in [3.63, 3.8) is 0 Å². The molecule has 1 fully saturated rings. The van der Waals surface area contributed by atoms with Crippen molar-refractivity contribution in [2.45, 2.75) is 25.0 Å². The first-order valence-corrected chi connectivity index (χ1v) is 7.61. The summed E-state index contributed by atoms with van der Waals surface area (Å²) < 4.78 is 7.60. The third kappa shape index (κ3) is 2.76. The van der Waals surface area contributed by atoms with E-state index in [1.807, 2.05) is 30.1 Å². The highest BCUT2D eigenvalue weighted by atomic mass is 32.1. The highest BCUT2D eigenvalue weighted by Crippen LogP contribution is 2.28. The average Bonchev–Trinajstić information content (AvgIpc) is 3.10. The number of nitrogens with one attached hydrogen (secondary N) is 1. The van der Waals surface area contributed by atoms with Crippen LogP contribution in [0.2, 0.25) is 0 Å². The first kappa shape index (κ1) is 13.3. The van der Waals surface area contributed by atoms with E-state index in [-0.39, 0.29) is 18.1 Å². The largest absolute Gasteiger partial charge is 0.371 e. The Bertz CT molecular complexity index is 579. The van der Waals surface area contributed by atoms with E-state index in [0.717, 1.165) is 25.0 Å². The fourth-order valence-electron chi connectivity index (χ4n) is 2.49. The number of nitrogens with zero attached hydrogens (tertiary/aromatic N) is 2. The number of aromatic nitrogens is 2. The van der Waals surface area contributed by atoms with Crippen LogP contribution >= 0.6 is 11.3 Å². The van der Waals surface area contributed by atoms with Crippen LogP contribution in [0.5, 0.6) is 0 Å². The molecule has 3 heterocycles. The van der Waals surface area contributed by atoms with E-state index >= 15 is 0 Å². The van der Waals surface area contributed by atoms with Gasteiger partial charge < -0.3 is 10.1 Å². The number of carbonyl (C=O) groups is 1. The van der Waals surface area contributed by atoms with E-state index in [1.54, 1.807) is 10.9 Å². The molecule has 0 bridgehead atoms. The van der Waals surface area contributed by atoms with E-state index in [2.05, 4.69) is 10.4 Å². The Hall–Kier alpha value is -1.66. The van der Waals surface area contributed by atoms with Gasteiger partial charge in [0.2, 0.25) is 0 Å². The minimum Gasteiger partial charge on any atom is -0.371 e. The Morgan fingerprint density at radius 2 is 2.50 bits per heavy atom. The highest BCUT2D eigenvalue weighted by molar-refractivity contribution is 7.08. The van der Waals surface area contributed by atoms with Crippen molar-refractivity contribution in [1.82, 2.24) is 15.1 Å². The van der Waals surface area contributed by atoms with Gasteiger partial charge in [-0.15, -0.1) is 0 Å². The van der Waals surface area contributed by atoms with Crippen molar-refractivity contribution < 1.29 is 9.53 Å². The molecule has 1 aliphatic rings. The van der Waals surface area contributed by atoms with Crippen molar-refractivity contribution in [2.75, 3.05) is 6.61 Å². The number of ether oxygens (including phenoxy) is 1. The number of amides is 1. The maximum Gasteiger partial charge on any atom is 0.252 e. The Morgan fingerprint density at radius 3 is 3.20 bits per heavy atom. The Labute approximate surface area is 121 Å². The van der Waals surface area contributed by atoms with Crippen LogP contribution in [-0.4, -0.2) is 28.3 Å². The summed E-state index contributed by atoms with van der Waals surface area (Å²) in [5.41, 5.74) is 1.73. The van der Waals surface area contributed by atoms with E-state index in [4.69, 9.17) is 4.74 Å². The molecule has 0 unspecified atom stereocenters. The van der Waals surface area contributed by atoms with Crippen molar-refractivity contribution in [2.24, 2.45) is 7.05 Å². The zero-order valence-corrected chi connectivity index (χ0v) is 12.1. The minimum atomic E-state index is -0.111. The maximum absolute atomic E-state index is 12.2. The van der Waals surface area contributed by atoms with E-state index in [9.17, 15) is 4.79 Å². The summed E-state index contributed by atoms with van der Waals surface area (Å²) in [5.74, 6) is -0.0318. The Kier molecular flexibility index (Phi) is 3.84. The molecule has 106 valence electrons. The number of hydrogen-bond donors (Lipinski definition) is 1. The molecule has 0 radical (unpaired) electrons. The Morgan fingerprint density at radius 1 is 1.60 bits per heavy atom. The van der Waals surface area contributed by atoms with E-state index in [1.165, 1.54) is 11.3 Å². The summed E-state index contributed by atoms with van der Waals surface area (Å²) >= 11 is 1.53. The molecule has 1 aliphatic heterocycles. The quantitative estimate of drug-likeness (QED) is 0.942. The van der Waals surface area contributed by atoms with Gasteiger partial charge in [0.1, 0.15) is 6.10 Å². The second-order valence-corrected chi connectivity index (χ2v) is 5.75. The van der Waals surface area contributed by atoms with Crippen LogP contribution in [0.4, 0.5) is 0 Å². The Balaban J connectivity index is 1.74. The third-order valence-electron chi connectivity index (χ3n) is 3.48. The van der Waals surface area contributed by atoms with Gasteiger partial charge >= 0.3 is 0 Å². The second kappa shape index (κ2) is 5.76. The molecule has 0 aliphatic carbocycles. The van der Waals surface area contributed by atoms with Crippen LogP contribution in [0, 0.1) is 0 Å². The molecule has 3 rings (SSSR count). The van der Waals surface area contributed by atoms with Gasteiger partial charge in [-0.05, 0) is 24.3 Å². The number of rotatable bonds is 3. The smallest absolute Gasteiger partial charge is 0.252 e. The fourth-order valence-corrected chi connectivity index (χ4v) is 3.13. The lowest BCUT2D eigenvalue weighted by atomic mass is 9.98. The second-order valence-electron chi connectivity index (χ2n) is 4.97. The summed E-state index contributed by atoms with van der Waals surface area (Å²) in [5, 5.41) is 11.0. The van der Waals surface area contributed by atoms with E-state index in [0.29, 0.717) is 5.56 Å². The average molecular weight is 291 g/mol. The standard InChI is InChI=1S/C14H17N3O2S/c1-17-8-11(7-15-17)13-12(3-2-5-19-13)16-14(18)10-4-6-20-9-10/h4,6-9,12-13H,2-3,5H2,1H3,(H,16,18)/t12-,13+/m0/s1. The van der Waals surface area contributed by atoms with Crippen LogP contribution in [0.3, 0.4) is 0 Å². The van der Waals surface area contributed by atoms with Gasteiger partial charge in [0.05, 0.1) is 12.2 Å². The highest BCUT2D eigenvalue weighted by Gasteiger charge is 2.29. The lowest BCUT2D eigenvalue weighted by molar-refractivity contribution is -0.00949. The van der Waals surface area contributed by atoms with Gasteiger partial charge in [-0.2, -0.15) is 16.4 Å². The molecule has 2 atom stereocenters. The summed E-state index contributed by atoms with van der Waals surface area (Å²) in [6.45, 7) is 0.727. The zero-order chi connectivity index (χ0) is 13.9. The summed E-state index contributed by atoms with van der Waals surface area (Å²) in [6, 6.07) is 1.84. The molecule has 0 spiro atoms. The predicted molar refractivity (Wildman–Crippen MR) is 76.7 cm³/mol. The lowest BCUT2D eigenvalue weighted by Gasteiger charge is -2.31. The number of aryl methyl sites for hydroxylation is 1. The molecule has 1 saturated heterocycles.